The topological polar surface area (TPSA) is 58.0 Å². The molecule has 4 heterocycles. The van der Waals surface area contributed by atoms with E-state index < -0.39 is 0 Å². The summed E-state index contributed by atoms with van der Waals surface area (Å²) in [4.78, 5) is 5.19. The van der Waals surface area contributed by atoms with Crippen LogP contribution in [0.2, 0.25) is 0 Å². The van der Waals surface area contributed by atoms with Crippen LogP contribution in [0.25, 0.3) is 77.5 Å². The molecular weight excluding hydrogens is 992 g/mol. The van der Waals surface area contributed by atoms with Gasteiger partial charge in [-0.15, -0.1) is 29.7 Å². The Kier molecular flexibility index (Phi) is 11.1. The van der Waals surface area contributed by atoms with Gasteiger partial charge in [0.1, 0.15) is 11.4 Å². The Morgan fingerprint density at radius 2 is 1.29 bits per heavy atom. The molecule has 4 aromatic heterocycles. The third kappa shape index (κ3) is 7.98. The fraction of sp³-hybridized carbons (Fsp3) is 0.254. The Morgan fingerprint density at radius 1 is 0.591 bits per heavy atom. The fourth-order valence-electron chi connectivity index (χ4n) is 9.27. The number of aryl methyl sites for hydroxylation is 3. The zero-order chi connectivity index (χ0) is 45.7. The van der Waals surface area contributed by atoms with Gasteiger partial charge in [-0.3, -0.25) is 4.68 Å². The maximum Gasteiger partial charge on any atom is 2.00 e. The summed E-state index contributed by atoms with van der Waals surface area (Å²) in [5.41, 5.74) is 16.1. The van der Waals surface area contributed by atoms with Crippen LogP contribution < -0.4 is 4.74 Å². The molecule has 0 unspecified atom stereocenters. The minimum atomic E-state index is -0.0541. The van der Waals surface area contributed by atoms with E-state index in [1.54, 1.807) is 0 Å². The van der Waals surface area contributed by atoms with E-state index in [0.29, 0.717) is 17.1 Å². The van der Waals surface area contributed by atoms with E-state index >= 15 is 0 Å². The van der Waals surface area contributed by atoms with Gasteiger partial charge in [-0.2, -0.15) is 11.2 Å². The van der Waals surface area contributed by atoms with Crippen LogP contribution in [0.5, 0.6) is 11.5 Å². The van der Waals surface area contributed by atoms with E-state index in [1.165, 1.54) is 33.4 Å². The summed E-state index contributed by atoms with van der Waals surface area (Å²) in [5.74, 6) is 1.81. The molecule has 334 valence electrons. The van der Waals surface area contributed by atoms with Gasteiger partial charge in [0, 0.05) is 40.2 Å². The fourth-order valence-corrected chi connectivity index (χ4v) is 9.27. The number of benzene rings is 6. The molecule has 0 aliphatic carbocycles. The molecule has 10 rings (SSSR count). The quantitative estimate of drug-likeness (QED) is 0.156. The number of ether oxygens (including phenoxy) is 1. The Balaban J connectivity index is 0.00000548. The summed E-state index contributed by atoms with van der Waals surface area (Å²) in [5, 5.41) is 8.99. The third-order valence-electron chi connectivity index (χ3n) is 13.0. The third-order valence-corrected chi connectivity index (χ3v) is 13.0. The monoisotopic (exact) mass is 1050 g/mol. The van der Waals surface area contributed by atoms with E-state index in [-0.39, 0.29) is 37.3 Å². The van der Waals surface area contributed by atoms with Crippen molar-refractivity contribution in [1.29, 1.82) is 0 Å². The summed E-state index contributed by atoms with van der Waals surface area (Å²) in [6, 6.07) is 44.0. The number of fused-ring (bicyclic) bond motifs is 6. The molecule has 0 N–H and O–H groups in total. The number of furan rings is 1. The number of para-hydroxylation sites is 1. The smallest absolute Gasteiger partial charge is 0.512 e. The van der Waals surface area contributed by atoms with Crippen LogP contribution in [0.1, 0.15) is 95.7 Å². The summed E-state index contributed by atoms with van der Waals surface area (Å²) in [6.07, 6.45) is 6.04. The molecule has 0 saturated heterocycles. The van der Waals surface area contributed by atoms with Crippen LogP contribution in [0.15, 0.2) is 126 Å². The first-order chi connectivity index (χ1) is 30.8. The van der Waals surface area contributed by atoms with Gasteiger partial charge in [0.15, 0.2) is 0 Å². The van der Waals surface area contributed by atoms with Crippen LogP contribution in [0.4, 0.5) is 0 Å². The minimum Gasteiger partial charge on any atom is -0.512 e. The average molecular weight is 1050 g/mol. The molecule has 7 heteroatoms. The maximum absolute atomic E-state index is 6.89. The van der Waals surface area contributed by atoms with Crippen molar-refractivity contribution < 1.29 is 30.2 Å². The van der Waals surface area contributed by atoms with Gasteiger partial charge in [-0.25, -0.2) is 4.98 Å². The largest absolute Gasteiger partial charge is 2.00 e. The zero-order valence-corrected chi connectivity index (χ0v) is 42.2. The van der Waals surface area contributed by atoms with Gasteiger partial charge in [0.05, 0.1) is 17.5 Å². The van der Waals surface area contributed by atoms with Crippen molar-refractivity contribution in [1.82, 2.24) is 19.3 Å². The molecule has 10 aromatic rings. The van der Waals surface area contributed by atoms with Crippen LogP contribution in [0.3, 0.4) is 0 Å². The second-order valence-corrected chi connectivity index (χ2v) is 20.9. The Morgan fingerprint density at radius 3 is 2.00 bits per heavy atom. The summed E-state index contributed by atoms with van der Waals surface area (Å²) in [6.45, 7) is 26.8. The number of rotatable bonds is 6. The van der Waals surface area contributed by atoms with Gasteiger partial charge in [0.25, 0.3) is 0 Å². The van der Waals surface area contributed by atoms with Crippen molar-refractivity contribution in [2.45, 2.75) is 99.3 Å². The second-order valence-electron chi connectivity index (χ2n) is 20.9. The molecular formula is C59H56N4O2Pt. The molecule has 0 atom stereocenters. The first-order valence-corrected chi connectivity index (χ1v) is 22.6. The van der Waals surface area contributed by atoms with Crippen LogP contribution >= 0.6 is 0 Å². The van der Waals surface area contributed by atoms with Crippen molar-refractivity contribution >= 4 is 43.7 Å². The SMILES string of the molecule is Cc1cc(-n2c3[c-]c(Oc4[c-]c(-n5cc(-c6c(C)cc(C(C)(C)C)cc6C)cn5)cc5c4oc4ccccc45)ccc3c3ccc(C(C)(C)C)cc32)ncc1-c1cccc(C(C)(C)C)c1.[Pt+2]. The first-order valence-electron chi connectivity index (χ1n) is 22.6. The molecule has 0 saturated carbocycles. The molecule has 0 fully saturated rings. The van der Waals surface area contributed by atoms with E-state index in [0.717, 1.165) is 71.9 Å². The Labute approximate surface area is 402 Å². The standard InChI is InChI=1S/C59H56N4O2.Pt/c1-35-26-54(60-33-49(35)38-16-15-17-40(27-38)57(4,5)6)63-50-28-41(58(7,8)9)20-22-45(50)46-23-21-44(31-51(46)63)64-53-30-43(29-48-47-18-13-14-19-52(47)65-56(48)53)62-34-39(32-61-62)55-36(2)24-42(25-37(55)3)59(10,11)12;/h13-29,32-34H,1-12H3;/q-2;+2. The van der Waals surface area contributed by atoms with E-state index in [4.69, 9.17) is 19.2 Å². The number of hydrogen-bond acceptors (Lipinski definition) is 4. The summed E-state index contributed by atoms with van der Waals surface area (Å²) >= 11 is 0. The van der Waals surface area contributed by atoms with E-state index in [2.05, 4.69) is 185 Å². The molecule has 0 bridgehead atoms. The second kappa shape index (κ2) is 16.3. The van der Waals surface area contributed by atoms with E-state index in [9.17, 15) is 0 Å². The number of pyridine rings is 1. The predicted octanol–water partition coefficient (Wildman–Crippen LogP) is 15.8. The number of nitrogens with zero attached hydrogens (tertiary/aromatic N) is 4. The maximum atomic E-state index is 6.89. The molecule has 6 nitrogen and oxygen atoms in total. The van der Waals surface area contributed by atoms with E-state index in [1.807, 2.05) is 41.3 Å². The van der Waals surface area contributed by atoms with Gasteiger partial charge >= 0.3 is 21.1 Å². The number of hydrogen-bond donors (Lipinski definition) is 0. The van der Waals surface area contributed by atoms with Crippen molar-refractivity contribution in [3.63, 3.8) is 0 Å². The minimum absolute atomic E-state index is 0. The zero-order valence-electron chi connectivity index (χ0n) is 40.0. The summed E-state index contributed by atoms with van der Waals surface area (Å²) in [7, 11) is 0. The molecule has 66 heavy (non-hydrogen) atoms. The van der Waals surface area contributed by atoms with Gasteiger partial charge in [-0.05, 0) is 111 Å². The van der Waals surface area contributed by atoms with Crippen molar-refractivity contribution in [2.24, 2.45) is 0 Å². The average Bonchev–Trinajstić information content (AvgIpc) is 3.97. The number of aromatic nitrogens is 4. The van der Waals surface area contributed by atoms with Crippen molar-refractivity contribution in [3.8, 4) is 45.3 Å². The van der Waals surface area contributed by atoms with Gasteiger partial charge < -0.3 is 13.7 Å². The van der Waals surface area contributed by atoms with Crippen LogP contribution in [0, 0.1) is 32.9 Å². The molecule has 0 amide bonds. The summed E-state index contributed by atoms with van der Waals surface area (Å²) < 4.78 is 17.5. The molecule has 6 aromatic carbocycles. The Bertz CT molecular complexity index is 3490. The normalized spacial score (nSPS) is 12.4. The molecule has 0 aliphatic rings. The predicted molar refractivity (Wildman–Crippen MR) is 268 cm³/mol. The first kappa shape index (κ1) is 44.9. The Hall–Kier alpha value is -6.23. The van der Waals surface area contributed by atoms with Gasteiger partial charge in [0.2, 0.25) is 0 Å². The molecule has 0 radical (unpaired) electrons. The molecule has 0 spiro atoms. The van der Waals surface area contributed by atoms with Crippen LogP contribution in [-0.2, 0) is 37.3 Å². The van der Waals surface area contributed by atoms with Crippen molar-refractivity contribution in [3.05, 3.63) is 167 Å². The van der Waals surface area contributed by atoms with Gasteiger partial charge in [-0.1, -0.05) is 140 Å². The molecule has 0 aliphatic heterocycles. The van der Waals surface area contributed by atoms with Crippen LogP contribution in [-0.4, -0.2) is 19.3 Å². The van der Waals surface area contributed by atoms with Crippen molar-refractivity contribution in [2.75, 3.05) is 0 Å².